The number of rotatable bonds is 3. The van der Waals surface area contributed by atoms with Gasteiger partial charge in [-0.3, -0.25) is 0 Å². The van der Waals surface area contributed by atoms with Crippen LogP contribution in [0.4, 0.5) is 5.69 Å². The molecule has 0 radical (unpaired) electrons. The Morgan fingerprint density at radius 3 is 2.52 bits per heavy atom. The molecule has 2 unspecified atom stereocenters. The topological polar surface area (TPSA) is 63.4 Å². The van der Waals surface area contributed by atoms with Crippen molar-refractivity contribution in [3.05, 3.63) is 23.3 Å². The summed E-state index contributed by atoms with van der Waals surface area (Å²) in [5, 5.41) is 0. The van der Waals surface area contributed by atoms with Gasteiger partial charge >= 0.3 is 0 Å². The van der Waals surface area contributed by atoms with Gasteiger partial charge in [0.2, 0.25) is 10.0 Å². The summed E-state index contributed by atoms with van der Waals surface area (Å²) in [5.74, 6) is 0.581. The lowest BCUT2D eigenvalue weighted by Crippen LogP contribution is -2.40. The van der Waals surface area contributed by atoms with Crippen LogP contribution in [0.3, 0.4) is 0 Å². The highest BCUT2D eigenvalue weighted by molar-refractivity contribution is 7.89. The van der Waals surface area contributed by atoms with Gasteiger partial charge in [-0.15, -0.1) is 0 Å². The average molecular weight is 310 g/mol. The molecule has 1 aliphatic carbocycles. The minimum Gasteiger partial charge on any atom is -0.398 e. The van der Waals surface area contributed by atoms with Crippen molar-refractivity contribution in [1.82, 2.24) is 4.31 Å². The third-order valence-corrected chi connectivity index (χ3v) is 6.88. The second kappa shape index (κ2) is 5.97. The number of nitrogen functional groups attached to an aromatic ring is 1. The van der Waals surface area contributed by atoms with Crippen LogP contribution in [0, 0.1) is 19.8 Å². The van der Waals surface area contributed by atoms with Gasteiger partial charge in [0.25, 0.3) is 0 Å². The normalized spacial score (nSPS) is 23.5. The predicted octanol–water partition coefficient (Wildman–Crippen LogP) is 3.08. The highest BCUT2D eigenvalue weighted by Crippen LogP contribution is 2.33. The second-order valence-electron chi connectivity index (χ2n) is 6.37. The molecule has 0 spiro atoms. The van der Waals surface area contributed by atoms with Crippen molar-refractivity contribution < 1.29 is 8.42 Å². The SMILES string of the molecule is Cc1ccc(N)c(S(=O)(=O)N(C)C2CCCC(C)C2)c1C. The van der Waals surface area contributed by atoms with E-state index in [0.29, 0.717) is 11.6 Å². The summed E-state index contributed by atoms with van der Waals surface area (Å²) in [6.45, 7) is 5.94. The molecule has 0 aliphatic heterocycles. The van der Waals surface area contributed by atoms with Gasteiger partial charge in [-0.2, -0.15) is 4.31 Å². The first-order valence-electron chi connectivity index (χ1n) is 7.59. The zero-order chi connectivity index (χ0) is 15.8. The summed E-state index contributed by atoms with van der Waals surface area (Å²) in [6, 6.07) is 3.64. The smallest absolute Gasteiger partial charge is 0.245 e. The number of aryl methyl sites for hydroxylation is 1. The molecule has 1 aliphatic rings. The Morgan fingerprint density at radius 1 is 1.24 bits per heavy atom. The van der Waals surface area contributed by atoms with E-state index in [1.807, 2.05) is 19.9 Å². The molecular weight excluding hydrogens is 284 g/mol. The van der Waals surface area contributed by atoms with Crippen molar-refractivity contribution in [2.45, 2.75) is 57.4 Å². The lowest BCUT2D eigenvalue weighted by molar-refractivity contribution is 0.239. The number of sulfonamides is 1. The van der Waals surface area contributed by atoms with Crippen molar-refractivity contribution in [1.29, 1.82) is 0 Å². The Kier molecular flexibility index (Phi) is 4.63. The summed E-state index contributed by atoms with van der Waals surface area (Å²) < 4.78 is 27.5. The first-order chi connectivity index (χ1) is 9.75. The number of benzene rings is 1. The van der Waals surface area contributed by atoms with Gasteiger partial charge in [0.05, 0.1) is 5.69 Å². The van der Waals surface area contributed by atoms with E-state index in [2.05, 4.69) is 6.92 Å². The maximum absolute atomic E-state index is 13.0. The first-order valence-corrected chi connectivity index (χ1v) is 9.03. The first kappa shape index (κ1) is 16.3. The molecule has 0 saturated heterocycles. The Hall–Kier alpha value is -1.07. The third kappa shape index (κ3) is 3.09. The Labute approximate surface area is 128 Å². The van der Waals surface area contributed by atoms with E-state index in [4.69, 9.17) is 5.73 Å². The van der Waals surface area contributed by atoms with Gasteiger partial charge in [0.15, 0.2) is 0 Å². The zero-order valence-electron chi connectivity index (χ0n) is 13.4. The van der Waals surface area contributed by atoms with Gasteiger partial charge in [0.1, 0.15) is 4.90 Å². The maximum Gasteiger partial charge on any atom is 0.245 e. The molecule has 1 fully saturated rings. The minimum atomic E-state index is -3.54. The molecule has 1 saturated carbocycles. The largest absolute Gasteiger partial charge is 0.398 e. The van der Waals surface area contributed by atoms with Crippen LogP contribution in [-0.2, 0) is 10.0 Å². The molecular formula is C16H26N2O2S. The van der Waals surface area contributed by atoms with Gasteiger partial charge in [0, 0.05) is 13.1 Å². The summed E-state index contributed by atoms with van der Waals surface area (Å²) in [7, 11) is -1.84. The molecule has 0 heterocycles. The highest BCUT2D eigenvalue weighted by atomic mass is 32.2. The summed E-state index contributed by atoms with van der Waals surface area (Å²) >= 11 is 0. The molecule has 1 aromatic rings. The number of anilines is 1. The second-order valence-corrected chi connectivity index (χ2v) is 8.31. The van der Waals surface area contributed by atoms with Crippen molar-refractivity contribution in [3.8, 4) is 0 Å². The van der Waals surface area contributed by atoms with Crippen LogP contribution in [0.15, 0.2) is 17.0 Å². The molecule has 1 aromatic carbocycles. The van der Waals surface area contributed by atoms with Crippen LogP contribution >= 0.6 is 0 Å². The molecule has 118 valence electrons. The predicted molar refractivity (Wildman–Crippen MR) is 86.7 cm³/mol. The maximum atomic E-state index is 13.0. The van der Waals surface area contributed by atoms with E-state index in [-0.39, 0.29) is 10.9 Å². The number of hydrogen-bond acceptors (Lipinski definition) is 3. The highest BCUT2D eigenvalue weighted by Gasteiger charge is 2.33. The van der Waals surface area contributed by atoms with Crippen molar-refractivity contribution >= 4 is 15.7 Å². The van der Waals surface area contributed by atoms with Crippen LogP contribution in [0.5, 0.6) is 0 Å². The molecule has 2 N–H and O–H groups in total. The monoisotopic (exact) mass is 310 g/mol. The van der Waals surface area contributed by atoms with Gasteiger partial charge < -0.3 is 5.73 Å². The molecule has 4 nitrogen and oxygen atoms in total. The Bertz CT molecular complexity index is 625. The standard InChI is InChI=1S/C16H26N2O2S/c1-11-6-5-7-14(10-11)18(4)21(19,20)16-13(3)12(2)8-9-15(16)17/h8-9,11,14H,5-7,10,17H2,1-4H3. The molecule has 5 heteroatoms. The molecule has 0 aromatic heterocycles. The molecule has 2 atom stereocenters. The summed E-state index contributed by atoms with van der Waals surface area (Å²) in [4.78, 5) is 0.281. The van der Waals surface area contributed by atoms with E-state index < -0.39 is 10.0 Å². The van der Waals surface area contributed by atoms with E-state index in [9.17, 15) is 8.42 Å². The molecule has 0 amide bonds. The average Bonchev–Trinajstić information content (AvgIpc) is 2.42. The van der Waals surface area contributed by atoms with Crippen LogP contribution in [-0.4, -0.2) is 25.8 Å². The van der Waals surface area contributed by atoms with Crippen molar-refractivity contribution in [2.24, 2.45) is 5.92 Å². The third-order valence-electron chi connectivity index (χ3n) is 4.77. The number of nitrogens with zero attached hydrogens (tertiary/aromatic N) is 1. The van der Waals surface area contributed by atoms with Crippen molar-refractivity contribution in [3.63, 3.8) is 0 Å². The van der Waals surface area contributed by atoms with Crippen LogP contribution in [0.2, 0.25) is 0 Å². The fourth-order valence-electron chi connectivity index (χ4n) is 3.23. The lowest BCUT2D eigenvalue weighted by atomic mass is 9.87. The van der Waals surface area contributed by atoms with Gasteiger partial charge in [-0.25, -0.2) is 8.42 Å². The lowest BCUT2D eigenvalue weighted by Gasteiger charge is -2.34. The van der Waals surface area contributed by atoms with E-state index >= 15 is 0 Å². The van der Waals surface area contributed by atoms with E-state index in [1.54, 1.807) is 17.4 Å². The summed E-state index contributed by atoms with van der Waals surface area (Å²) in [6.07, 6.45) is 4.15. The van der Waals surface area contributed by atoms with Crippen molar-refractivity contribution in [2.75, 3.05) is 12.8 Å². The van der Waals surface area contributed by atoms with Crippen LogP contribution in [0.25, 0.3) is 0 Å². The Balaban J connectivity index is 2.40. The minimum absolute atomic E-state index is 0.0815. The van der Waals surface area contributed by atoms with E-state index in [0.717, 1.165) is 30.4 Å². The fraction of sp³-hybridized carbons (Fsp3) is 0.625. The molecule has 0 bridgehead atoms. The van der Waals surface area contributed by atoms with Crippen LogP contribution < -0.4 is 5.73 Å². The van der Waals surface area contributed by atoms with Gasteiger partial charge in [-0.1, -0.05) is 25.8 Å². The molecule has 2 rings (SSSR count). The number of hydrogen-bond donors (Lipinski definition) is 1. The molecule has 21 heavy (non-hydrogen) atoms. The summed E-state index contributed by atoms with van der Waals surface area (Å²) in [5.41, 5.74) is 8.01. The van der Waals surface area contributed by atoms with E-state index in [1.165, 1.54) is 6.42 Å². The quantitative estimate of drug-likeness (QED) is 0.873. The van der Waals surface area contributed by atoms with Crippen LogP contribution in [0.1, 0.15) is 43.7 Å². The Morgan fingerprint density at radius 2 is 1.90 bits per heavy atom. The zero-order valence-corrected chi connectivity index (χ0v) is 14.2. The van der Waals surface area contributed by atoms with Gasteiger partial charge in [-0.05, 0) is 49.8 Å². The number of nitrogens with two attached hydrogens (primary N) is 1. The fourth-order valence-corrected chi connectivity index (χ4v) is 5.01.